The van der Waals surface area contributed by atoms with Crippen molar-refractivity contribution in [3.05, 3.63) is 78.6 Å². The van der Waals surface area contributed by atoms with Gasteiger partial charge >= 0.3 is 0 Å². The van der Waals surface area contributed by atoms with Crippen LogP contribution in [0.25, 0.3) is 10.9 Å². The van der Waals surface area contributed by atoms with Crippen LogP contribution in [0.5, 0.6) is 0 Å². The van der Waals surface area contributed by atoms with Gasteiger partial charge in [-0.15, -0.1) is 0 Å². The number of fused-ring (bicyclic) bond motifs is 1. The quantitative estimate of drug-likeness (QED) is 0.453. The smallest absolute Gasteiger partial charge is 0.269 e. The minimum Gasteiger partial charge on any atom is -0.393 e. The Hall–Kier alpha value is -3.87. The molecule has 0 aliphatic carbocycles. The predicted molar refractivity (Wildman–Crippen MR) is 131 cm³/mol. The summed E-state index contributed by atoms with van der Waals surface area (Å²) in [5.74, 6) is 0.505. The normalized spacial score (nSPS) is 14.8. The Labute approximate surface area is 197 Å². The van der Waals surface area contributed by atoms with Crippen LogP contribution in [0.2, 0.25) is 0 Å². The number of nitrogens with zero attached hydrogens (tertiary/aromatic N) is 4. The van der Waals surface area contributed by atoms with Crippen LogP contribution in [-0.4, -0.2) is 41.7 Å². The molecule has 1 fully saturated rings. The zero-order valence-corrected chi connectivity index (χ0v) is 19.1. The Morgan fingerprint density at radius 3 is 2.53 bits per heavy atom. The molecule has 0 spiro atoms. The Kier molecular flexibility index (Phi) is 5.69. The molecule has 1 saturated heterocycles. The molecule has 3 heterocycles. The lowest BCUT2D eigenvalue weighted by atomic mass is 10.1. The Morgan fingerprint density at radius 1 is 1.06 bits per heavy atom. The number of pyridine rings is 1. The first-order valence-electron chi connectivity index (χ1n) is 11.0. The number of aromatic nitrogens is 2. The van der Waals surface area contributed by atoms with E-state index in [-0.39, 0.29) is 16.6 Å². The zero-order valence-electron chi connectivity index (χ0n) is 18.3. The average Bonchev–Trinajstić information content (AvgIpc) is 3.29. The molecule has 0 unspecified atom stereocenters. The van der Waals surface area contributed by atoms with Gasteiger partial charge in [0.1, 0.15) is 16.8 Å². The molecule has 0 atom stereocenters. The molecule has 1 aliphatic heterocycles. The van der Waals surface area contributed by atoms with Crippen molar-refractivity contribution in [2.24, 2.45) is 0 Å². The number of piperidine rings is 1. The number of rotatable bonds is 5. The first kappa shape index (κ1) is 21.9. The van der Waals surface area contributed by atoms with Crippen LogP contribution in [-0.2, 0) is 10.0 Å². The fourth-order valence-corrected chi connectivity index (χ4v) is 5.69. The van der Waals surface area contributed by atoms with Gasteiger partial charge in [-0.25, -0.2) is 17.4 Å². The van der Waals surface area contributed by atoms with Crippen LogP contribution in [0.4, 0.5) is 17.2 Å². The summed E-state index contributed by atoms with van der Waals surface area (Å²) in [6.07, 6.45) is 4.42. The largest absolute Gasteiger partial charge is 0.393 e. The van der Waals surface area contributed by atoms with Crippen LogP contribution in [0.1, 0.15) is 18.4 Å². The van der Waals surface area contributed by atoms with Crippen molar-refractivity contribution in [3.8, 4) is 6.07 Å². The first-order valence-corrected chi connectivity index (χ1v) is 12.4. The molecule has 0 bridgehead atoms. The van der Waals surface area contributed by atoms with E-state index in [1.165, 1.54) is 22.3 Å². The lowest BCUT2D eigenvalue weighted by molar-refractivity contribution is 0.145. The van der Waals surface area contributed by atoms with Crippen molar-refractivity contribution in [2.45, 2.75) is 23.8 Å². The second-order valence-electron chi connectivity index (χ2n) is 8.24. The van der Waals surface area contributed by atoms with Gasteiger partial charge in [0.25, 0.3) is 10.0 Å². The van der Waals surface area contributed by atoms with Gasteiger partial charge in [0, 0.05) is 48.3 Å². The molecule has 4 aromatic rings. The summed E-state index contributed by atoms with van der Waals surface area (Å²) in [5, 5.41) is 23.0. The molecule has 0 saturated carbocycles. The number of hydrogen-bond acceptors (Lipinski definition) is 7. The van der Waals surface area contributed by atoms with Crippen molar-refractivity contribution >= 4 is 38.1 Å². The van der Waals surface area contributed by atoms with E-state index < -0.39 is 10.0 Å². The Balaban J connectivity index is 1.42. The molecule has 5 rings (SSSR count). The van der Waals surface area contributed by atoms with E-state index in [4.69, 9.17) is 0 Å². The monoisotopic (exact) mass is 473 g/mol. The van der Waals surface area contributed by atoms with Crippen molar-refractivity contribution in [1.82, 2.24) is 8.96 Å². The van der Waals surface area contributed by atoms with Gasteiger partial charge in [0.15, 0.2) is 0 Å². The summed E-state index contributed by atoms with van der Waals surface area (Å²) in [6, 6.07) is 19.4. The van der Waals surface area contributed by atoms with Crippen molar-refractivity contribution in [2.75, 3.05) is 23.3 Å². The van der Waals surface area contributed by atoms with Crippen molar-refractivity contribution < 1.29 is 13.5 Å². The molecule has 172 valence electrons. The summed E-state index contributed by atoms with van der Waals surface area (Å²) in [7, 11) is -3.96. The van der Waals surface area contributed by atoms with E-state index in [1.54, 1.807) is 30.5 Å². The number of aliphatic hydroxyl groups is 1. The molecule has 2 N–H and O–H groups in total. The maximum absolute atomic E-state index is 13.3. The predicted octanol–water partition coefficient (Wildman–Crippen LogP) is 3.85. The SMILES string of the molecule is N#Cc1ccccc1S(=O)(=O)n1ccc2cnc(Nc3ccc(N4CCC(O)CC4)cc3)cc21. The third-order valence-corrected chi connectivity index (χ3v) is 7.80. The summed E-state index contributed by atoms with van der Waals surface area (Å²) in [5.41, 5.74) is 2.48. The highest BCUT2D eigenvalue weighted by Crippen LogP contribution is 2.27. The second kappa shape index (κ2) is 8.82. The number of anilines is 3. The summed E-state index contributed by atoms with van der Waals surface area (Å²) < 4.78 is 27.8. The maximum atomic E-state index is 13.3. The highest BCUT2D eigenvalue weighted by atomic mass is 32.2. The number of aliphatic hydroxyl groups excluding tert-OH is 1. The van der Waals surface area contributed by atoms with Crippen molar-refractivity contribution in [3.63, 3.8) is 0 Å². The average molecular weight is 474 g/mol. The van der Waals surface area contributed by atoms with Crippen LogP contribution in [0, 0.1) is 11.3 Å². The third-order valence-electron chi connectivity index (χ3n) is 6.05. The maximum Gasteiger partial charge on any atom is 0.269 e. The minimum atomic E-state index is -3.96. The Morgan fingerprint density at radius 2 is 1.79 bits per heavy atom. The Bertz CT molecular complexity index is 1480. The number of benzene rings is 2. The van der Waals surface area contributed by atoms with E-state index in [2.05, 4.69) is 15.2 Å². The fourth-order valence-electron chi connectivity index (χ4n) is 4.20. The molecule has 2 aromatic carbocycles. The van der Waals surface area contributed by atoms with E-state index in [9.17, 15) is 18.8 Å². The molecule has 2 aromatic heterocycles. The van der Waals surface area contributed by atoms with Crippen LogP contribution in [0.15, 0.2) is 78.0 Å². The van der Waals surface area contributed by atoms with E-state index in [1.807, 2.05) is 30.3 Å². The molecule has 0 amide bonds. The standard InChI is InChI=1S/C25H23N5O3S/c26-16-18-3-1-2-4-24(18)34(32,33)30-14-9-19-17-27-25(15-23(19)30)28-20-5-7-21(8-6-20)29-12-10-22(31)11-13-29/h1-9,14-15,17,22,31H,10-13H2,(H,27,28). The molecule has 8 nitrogen and oxygen atoms in total. The number of nitriles is 1. The lowest BCUT2D eigenvalue weighted by Crippen LogP contribution is -2.35. The van der Waals surface area contributed by atoms with Gasteiger partial charge in [-0.1, -0.05) is 12.1 Å². The summed E-state index contributed by atoms with van der Waals surface area (Å²) in [6.45, 7) is 1.65. The molecule has 9 heteroatoms. The van der Waals surface area contributed by atoms with E-state index >= 15 is 0 Å². The molecular weight excluding hydrogens is 450 g/mol. The number of hydrogen-bond donors (Lipinski definition) is 2. The van der Waals surface area contributed by atoms with E-state index in [0.29, 0.717) is 16.7 Å². The molecule has 34 heavy (non-hydrogen) atoms. The van der Waals surface area contributed by atoms with Gasteiger partial charge in [0.2, 0.25) is 0 Å². The van der Waals surface area contributed by atoms with Gasteiger partial charge in [-0.05, 0) is 55.3 Å². The topological polar surface area (TPSA) is 111 Å². The van der Waals surface area contributed by atoms with Gasteiger partial charge in [-0.2, -0.15) is 5.26 Å². The van der Waals surface area contributed by atoms with Crippen LogP contribution in [0.3, 0.4) is 0 Å². The first-order chi connectivity index (χ1) is 16.5. The zero-order chi connectivity index (χ0) is 23.7. The summed E-state index contributed by atoms with van der Waals surface area (Å²) in [4.78, 5) is 6.62. The summed E-state index contributed by atoms with van der Waals surface area (Å²) >= 11 is 0. The van der Waals surface area contributed by atoms with Crippen molar-refractivity contribution in [1.29, 1.82) is 5.26 Å². The van der Waals surface area contributed by atoms with Gasteiger partial charge in [-0.3, -0.25) is 0 Å². The minimum absolute atomic E-state index is 0.0397. The highest BCUT2D eigenvalue weighted by molar-refractivity contribution is 7.90. The van der Waals surface area contributed by atoms with Crippen LogP contribution >= 0.6 is 0 Å². The molecule has 0 radical (unpaired) electrons. The molecular formula is C25H23N5O3S. The number of nitrogens with one attached hydrogen (secondary N) is 1. The highest BCUT2D eigenvalue weighted by Gasteiger charge is 2.22. The fraction of sp³-hybridized carbons (Fsp3) is 0.200. The van der Waals surface area contributed by atoms with Crippen LogP contribution < -0.4 is 10.2 Å². The molecule has 1 aliphatic rings. The second-order valence-corrected chi connectivity index (χ2v) is 10.0. The lowest BCUT2D eigenvalue weighted by Gasteiger charge is -2.31. The third kappa shape index (κ3) is 4.09. The van der Waals surface area contributed by atoms with E-state index in [0.717, 1.165) is 37.3 Å². The van der Waals surface area contributed by atoms with Gasteiger partial charge in [0.05, 0.1) is 17.2 Å². The van der Waals surface area contributed by atoms with Gasteiger partial charge < -0.3 is 15.3 Å².